The smallest absolute Gasteiger partial charge is 0.354 e. The van der Waals surface area contributed by atoms with E-state index < -0.39 is 11.7 Å². The van der Waals surface area contributed by atoms with Crippen LogP contribution in [-0.2, 0) is 17.4 Å². The standard InChI is InChI=1S/C17H19F3N2OS/c1-22(2)14(15-7-4-8-24-15)11-21-16(23)10-12-5-3-6-13(9-12)17(18,19)20/h3-9,14H,10-11H2,1-2H3,(H,21,23)/t14-/m0/s1. The number of nitrogens with zero attached hydrogens (tertiary/aromatic N) is 1. The number of halogens is 3. The largest absolute Gasteiger partial charge is 0.416 e. The second-order valence-corrected chi connectivity index (χ2v) is 6.65. The third-order valence-electron chi connectivity index (χ3n) is 3.61. The first-order chi connectivity index (χ1) is 11.3. The fourth-order valence-corrected chi connectivity index (χ4v) is 3.26. The Morgan fingerprint density at radius 2 is 2.00 bits per heavy atom. The Labute approximate surface area is 143 Å². The van der Waals surface area contributed by atoms with Crippen molar-refractivity contribution in [3.63, 3.8) is 0 Å². The van der Waals surface area contributed by atoms with Gasteiger partial charge in [0, 0.05) is 11.4 Å². The number of thiophene rings is 1. The molecular weight excluding hydrogens is 337 g/mol. The first-order valence-corrected chi connectivity index (χ1v) is 8.28. The van der Waals surface area contributed by atoms with Gasteiger partial charge in [-0.3, -0.25) is 4.79 Å². The third kappa shape index (κ3) is 5.07. The number of likely N-dealkylation sites (N-methyl/N-ethyl adjacent to an activating group) is 1. The Kier molecular flexibility index (Phi) is 6.01. The zero-order valence-electron chi connectivity index (χ0n) is 13.4. The van der Waals surface area contributed by atoms with E-state index in [9.17, 15) is 18.0 Å². The maximum atomic E-state index is 12.7. The highest BCUT2D eigenvalue weighted by atomic mass is 32.1. The third-order valence-corrected chi connectivity index (χ3v) is 4.58. The van der Waals surface area contributed by atoms with Gasteiger partial charge < -0.3 is 10.2 Å². The number of rotatable bonds is 6. The number of amides is 1. The van der Waals surface area contributed by atoms with E-state index in [-0.39, 0.29) is 18.4 Å². The monoisotopic (exact) mass is 356 g/mol. The summed E-state index contributed by atoms with van der Waals surface area (Å²) in [5.41, 5.74) is -0.391. The number of alkyl halides is 3. The van der Waals surface area contributed by atoms with Crippen molar-refractivity contribution in [3.8, 4) is 0 Å². The van der Waals surface area contributed by atoms with E-state index in [2.05, 4.69) is 5.32 Å². The summed E-state index contributed by atoms with van der Waals surface area (Å²) in [6.07, 6.45) is -4.48. The molecule has 1 aromatic carbocycles. The van der Waals surface area contributed by atoms with E-state index >= 15 is 0 Å². The molecule has 0 saturated heterocycles. The van der Waals surface area contributed by atoms with E-state index in [0.29, 0.717) is 12.1 Å². The lowest BCUT2D eigenvalue weighted by molar-refractivity contribution is -0.137. The van der Waals surface area contributed by atoms with Crippen LogP contribution in [0, 0.1) is 0 Å². The van der Waals surface area contributed by atoms with Gasteiger partial charge in [-0.05, 0) is 37.2 Å². The Bertz CT molecular complexity index is 669. The van der Waals surface area contributed by atoms with Crippen molar-refractivity contribution in [3.05, 3.63) is 57.8 Å². The van der Waals surface area contributed by atoms with Gasteiger partial charge in [-0.15, -0.1) is 11.3 Å². The van der Waals surface area contributed by atoms with E-state index in [1.807, 2.05) is 36.5 Å². The predicted octanol–water partition coefficient (Wildman–Crippen LogP) is 3.73. The normalized spacial score (nSPS) is 13.1. The molecule has 0 fully saturated rings. The molecule has 130 valence electrons. The lowest BCUT2D eigenvalue weighted by Crippen LogP contribution is -2.34. The molecule has 2 aromatic rings. The summed E-state index contributed by atoms with van der Waals surface area (Å²) in [7, 11) is 3.84. The van der Waals surface area contributed by atoms with Crippen molar-refractivity contribution in [1.82, 2.24) is 10.2 Å². The van der Waals surface area contributed by atoms with Gasteiger partial charge in [-0.1, -0.05) is 24.3 Å². The van der Waals surface area contributed by atoms with Crippen LogP contribution in [0.3, 0.4) is 0 Å². The molecule has 1 amide bonds. The van der Waals surface area contributed by atoms with Crippen molar-refractivity contribution in [2.75, 3.05) is 20.6 Å². The van der Waals surface area contributed by atoms with Gasteiger partial charge in [-0.2, -0.15) is 13.2 Å². The van der Waals surface area contributed by atoms with Gasteiger partial charge in [0.05, 0.1) is 18.0 Å². The number of nitrogens with one attached hydrogen (secondary N) is 1. The van der Waals surface area contributed by atoms with Gasteiger partial charge in [0.25, 0.3) is 0 Å². The summed E-state index contributed by atoms with van der Waals surface area (Å²) in [5, 5.41) is 4.77. The van der Waals surface area contributed by atoms with E-state index in [0.717, 1.165) is 17.0 Å². The van der Waals surface area contributed by atoms with Crippen LogP contribution in [0.15, 0.2) is 41.8 Å². The molecule has 3 nitrogen and oxygen atoms in total. The molecule has 0 spiro atoms. The van der Waals surface area contributed by atoms with Gasteiger partial charge in [0.2, 0.25) is 5.91 Å². The maximum Gasteiger partial charge on any atom is 0.416 e. The summed E-state index contributed by atoms with van der Waals surface area (Å²) in [4.78, 5) is 15.2. The Hall–Kier alpha value is -1.86. The molecule has 0 aliphatic carbocycles. The van der Waals surface area contributed by atoms with Crippen LogP contribution >= 0.6 is 11.3 Å². The molecule has 0 unspecified atom stereocenters. The number of carbonyl (C=O) groups excluding carboxylic acids is 1. The van der Waals surface area contributed by atoms with E-state index in [4.69, 9.17) is 0 Å². The molecule has 2 rings (SSSR count). The van der Waals surface area contributed by atoms with Crippen LogP contribution in [0.1, 0.15) is 22.0 Å². The maximum absolute atomic E-state index is 12.7. The van der Waals surface area contributed by atoms with Crippen molar-refractivity contribution in [1.29, 1.82) is 0 Å². The second-order valence-electron chi connectivity index (χ2n) is 5.67. The van der Waals surface area contributed by atoms with Crippen LogP contribution in [0.2, 0.25) is 0 Å². The van der Waals surface area contributed by atoms with Crippen LogP contribution in [0.25, 0.3) is 0 Å². The van der Waals surface area contributed by atoms with E-state index in [1.165, 1.54) is 12.1 Å². The van der Waals surface area contributed by atoms with Crippen LogP contribution < -0.4 is 5.32 Å². The average molecular weight is 356 g/mol. The molecule has 0 radical (unpaired) electrons. The molecule has 24 heavy (non-hydrogen) atoms. The highest BCUT2D eigenvalue weighted by molar-refractivity contribution is 7.10. The average Bonchev–Trinajstić information content (AvgIpc) is 3.00. The van der Waals surface area contributed by atoms with Crippen LogP contribution in [-0.4, -0.2) is 31.4 Å². The lowest BCUT2D eigenvalue weighted by atomic mass is 10.1. The summed E-state index contributed by atoms with van der Waals surface area (Å²) < 4.78 is 38.1. The Morgan fingerprint density at radius 1 is 1.25 bits per heavy atom. The Morgan fingerprint density at radius 3 is 2.58 bits per heavy atom. The number of hydrogen-bond donors (Lipinski definition) is 1. The molecule has 1 atom stereocenters. The van der Waals surface area contributed by atoms with Crippen LogP contribution in [0.4, 0.5) is 13.2 Å². The van der Waals surface area contributed by atoms with Crippen molar-refractivity contribution >= 4 is 17.2 Å². The molecule has 0 saturated carbocycles. The lowest BCUT2D eigenvalue weighted by Gasteiger charge is -2.23. The SMILES string of the molecule is CN(C)[C@@H](CNC(=O)Cc1cccc(C(F)(F)F)c1)c1cccs1. The van der Waals surface area contributed by atoms with Gasteiger partial charge in [-0.25, -0.2) is 0 Å². The van der Waals surface area contributed by atoms with Gasteiger partial charge in [0.1, 0.15) is 0 Å². The second kappa shape index (κ2) is 7.81. The summed E-state index contributed by atoms with van der Waals surface area (Å²) in [5.74, 6) is -0.294. The summed E-state index contributed by atoms with van der Waals surface area (Å²) in [6, 6.07) is 8.84. The quantitative estimate of drug-likeness (QED) is 0.855. The molecule has 0 aliphatic rings. The fourth-order valence-electron chi connectivity index (χ4n) is 2.33. The number of carbonyl (C=O) groups is 1. The fraction of sp³-hybridized carbons (Fsp3) is 0.353. The minimum absolute atomic E-state index is 0.0375. The highest BCUT2D eigenvalue weighted by Crippen LogP contribution is 2.29. The molecule has 1 heterocycles. The van der Waals surface area contributed by atoms with Crippen molar-refractivity contribution < 1.29 is 18.0 Å². The first-order valence-electron chi connectivity index (χ1n) is 7.40. The van der Waals surface area contributed by atoms with Crippen molar-refractivity contribution in [2.45, 2.75) is 18.6 Å². The summed E-state index contributed by atoms with van der Waals surface area (Å²) in [6.45, 7) is 0.408. The highest BCUT2D eigenvalue weighted by Gasteiger charge is 2.30. The topological polar surface area (TPSA) is 32.3 Å². The zero-order valence-corrected chi connectivity index (χ0v) is 14.2. The minimum atomic E-state index is -4.40. The molecule has 1 aromatic heterocycles. The minimum Gasteiger partial charge on any atom is -0.354 e. The van der Waals surface area contributed by atoms with Crippen molar-refractivity contribution in [2.24, 2.45) is 0 Å². The summed E-state index contributed by atoms with van der Waals surface area (Å²) >= 11 is 1.60. The van der Waals surface area contributed by atoms with Gasteiger partial charge >= 0.3 is 6.18 Å². The number of benzene rings is 1. The molecule has 1 N–H and O–H groups in total. The molecule has 0 aliphatic heterocycles. The Balaban J connectivity index is 1.96. The predicted molar refractivity (Wildman–Crippen MR) is 88.9 cm³/mol. The van der Waals surface area contributed by atoms with E-state index in [1.54, 1.807) is 11.3 Å². The molecule has 7 heteroatoms. The molecular formula is C17H19F3N2OS. The zero-order chi connectivity index (χ0) is 17.7. The number of hydrogen-bond acceptors (Lipinski definition) is 3. The van der Waals surface area contributed by atoms with Gasteiger partial charge in [0.15, 0.2) is 0 Å². The first kappa shape index (κ1) is 18.5. The van der Waals surface area contributed by atoms with Crippen LogP contribution in [0.5, 0.6) is 0 Å². The molecule has 0 bridgehead atoms.